The summed E-state index contributed by atoms with van der Waals surface area (Å²) in [5.74, 6) is -0.0705. The van der Waals surface area contributed by atoms with Gasteiger partial charge in [-0.2, -0.15) is 0 Å². The molecule has 0 spiro atoms. The molecule has 0 aliphatic rings. The molecule has 0 heterocycles. The number of allylic oxidation sites excluding steroid dienone is 8. The lowest BCUT2D eigenvalue weighted by molar-refractivity contribution is -0.123. The van der Waals surface area contributed by atoms with Gasteiger partial charge in [-0.25, -0.2) is 0 Å². The number of carbonyl (C=O) groups is 1. The fourth-order valence-electron chi connectivity index (χ4n) is 7.59. The van der Waals surface area contributed by atoms with Crippen molar-refractivity contribution in [2.24, 2.45) is 0 Å². The Morgan fingerprint density at radius 3 is 1.14 bits per heavy atom. The van der Waals surface area contributed by atoms with Crippen LogP contribution in [0.5, 0.6) is 0 Å². The number of hydrogen-bond donors (Lipinski definition) is 3. The molecule has 0 saturated heterocycles. The summed E-state index contributed by atoms with van der Waals surface area (Å²) < 4.78 is 0. The third-order valence-corrected chi connectivity index (χ3v) is 11.4. The van der Waals surface area contributed by atoms with Crippen LogP contribution in [0.4, 0.5) is 0 Å². The van der Waals surface area contributed by atoms with Crippen LogP contribution < -0.4 is 5.32 Å². The van der Waals surface area contributed by atoms with Gasteiger partial charge in [-0.1, -0.05) is 249 Å². The van der Waals surface area contributed by atoms with E-state index >= 15 is 0 Å². The molecular weight excluding hydrogens is 687 g/mol. The van der Waals surface area contributed by atoms with E-state index in [4.69, 9.17) is 0 Å². The highest BCUT2D eigenvalue weighted by Gasteiger charge is 2.20. The van der Waals surface area contributed by atoms with Gasteiger partial charge in [0.05, 0.1) is 18.8 Å². The van der Waals surface area contributed by atoms with E-state index in [1.165, 1.54) is 173 Å². The van der Waals surface area contributed by atoms with E-state index in [9.17, 15) is 15.0 Å². The number of unbranched alkanes of at least 4 members (excludes halogenated alkanes) is 30. The zero-order valence-corrected chi connectivity index (χ0v) is 37.7. The van der Waals surface area contributed by atoms with Gasteiger partial charge >= 0.3 is 0 Å². The minimum atomic E-state index is -0.678. The van der Waals surface area contributed by atoms with Gasteiger partial charge in [0.1, 0.15) is 0 Å². The molecule has 0 aromatic carbocycles. The summed E-state index contributed by atoms with van der Waals surface area (Å²) in [6.07, 6.45) is 65.1. The molecule has 1 amide bonds. The first-order valence-corrected chi connectivity index (χ1v) is 24.8. The first kappa shape index (κ1) is 54.3. The maximum absolute atomic E-state index is 12.4. The average Bonchev–Trinajstić information content (AvgIpc) is 3.20. The first-order valence-electron chi connectivity index (χ1n) is 24.8. The van der Waals surface area contributed by atoms with E-state index in [1.807, 2.05) is 0 Å². The van der Waals surface area contributed by atoms with Crippen LogP contribution >= 0.6 is 0 Å². The zero-order valence-electron chi connectivity index (χ0n) is 37.7. The molecule has 3 N–H and O–H groups in total. The van der Waals surface area contributed by atoms with Crippen LogP contribution in [0.1, 0.15) is 258 Å². The lowest BCUT2D eigenvalue weighted by atomic mass is 10.0. The molecule has 4 heteroatoms. The van der Waals surface area contributed by atoms with E-state index in [-0.39, 0.29) is 12.5 Å². The van der Waals surface area contributed by atoms with Crippen LogP contribution in [-0.2, 0) is 4.79 Å². The Labute approximate surface area is 350 Å². The monoisotopic (exact) mass is 784 g/mol. The topological polar surface area (TPSA) is 69.6 Å². The van der Waals surface area contributed by atoms with E-state index in [0.29, 0.717) is 12.8 Å². The molecule has 0 aliphatic heterocycles. The van der Waals surface area contributed by atoms with Gasteiger partial charge in [-0.15, -0.1) is 0 Å². The number of aliphatic hydroxyl groups excluding tert-OH is 2. The summed E-state index contributed by atoms with van der Waals surface area (Å²) in [4.78, 5) is 12.4. The third-order valence-electron chi connectivity index (χ3n) is 11.4. The van der Waals surface area contributed by atoms with Crippen LogP contribution in [0.25, 0.3) is 0 Å². The van der Waals surface area contributed by atoms with Gasteiger partial charge in [0.2, 0.25) is 5.91 Å². The van der Waals surface area contributed by atoms with Gasteiger partial charge in [0.15, 0.2) is 0 Å². The van der Waals surface area contributed by atoms with Crippen molar-refractivity contribution in [2.75, 3.05) is 6.61 Å². The van der Waals surface area contributed by atoms with Crippen molar-refractivity contribution in [2.45, 2.75) is 270 Å². The first-order chi connectivity index (χ1) is 27.7. The molecule has 2 atom stereocenters. The largest absolute Gasteiger partial charge is 0.394 e. The van der Waals surface area contributed by atoms with Gasteiger partial charge in [-0.3, -0.25) is 4.79 Å². The molecule has 56 heavy (non-hydrogen) atoms. The lowest BCUT2D eigenvalue weighted by Gasteiger charge is -2.22. The highest BCUT2D eigenvalue weighted by atomic mass is 16.3. The normalized spacial score (nSPS) is 13.3. The van der Waals surface area contributed by atoms with E-state index in [1.54, 1.807) is 0 Å². The minimum absolute atomic E-state index is 0.0705. The van der Waals surface area contributed by atoms with Gasteiger partial charge in [-0.05, 0) is 51.4 Å². The molecule has 0 radical (unpaired) electrons. The van der Waals surface area contributed by atoms with E-state index < -0.39 is 12.1 Å². The minimum Gasteiger partial charge on any atom is -0.394 e. The van der Waals surface area contributed by atoms with Crippen molar-refractivity contribution in [3.63, 3.8) is 0 Å². The Hall–Kier alpha value is -1.65. The summed E-state index contributed by atoms with van der Waals surface area (Å²) in [6.45, 7) is 4.24. The molecule has 328 valence electrons. The van der Waals surface area contributed by atoms with Crippen molar-refractivity contribution >= 4 is 5.91 Å². The molecule has 0 fully saturated rings. The Kier molecular flexibility index (Phi) is 46.3. The predicted molar refractivity (Wildman–Crippen MR) is 248 cm³/mol. The van der Waals surface area contributed by atoms with Crippen LogP contribution in [0.3, 0.4) is 0 Å². The highest BCUT2D eigenvalue weighted by Crippen LogP contribution is 2.17. The summed E-state index contributed by atoms with van der Waals surface area (Å²) in [7, 11) is 0. The number of amides is 1. The molecule has 0 aromatic heterocycles. The average molecular weight is 784 g/mol. The molecule has 2 unspecified atom stereocenters. The Morgan fingerprint density at radius 1 is 0.446 bits per heavy atom. The number of aliphatic hydroxyl groups is 2. The molecule has 0 aromatic rings. The van der Waals surface area contributed by atoms with Crippen LogP contribution in [0.15, 0.2) is 48.6 Å². The molecular formula is C52H97NO3. The molecule has 0 saturated carbocycles. The zero-order chi connectivity index (χ0) is 40.7. The maximum Gasteiger partial charge on any atom is 0.220 e. The molecule has 0 aliphatic carbocycles. The maximum atomic E-state index is 12.4. The van der Waals surface area contributed by atoms with Crippen molar-refractivity contribution in [3.8, 4) is 0 Å². The number of nitrogens with one attached hydrogen (secondary N) is 1. The second-order valence-electron chi connectivity index (χ2n) is 16.9. The smallest absolute Gasteiger partial charge is 0.220 e. The van der Waals surface area contributed by atoms with E-state index in [0.717, 1.165) is 57.8 Å². The molecule has 0 bridgehead atoms. The van der Waals surface area contributed by atoms with Crippen LogP contribution in [0.2, 0.25) is 0 Å². The molecule has 4 nitrogen and oxygen atoms in total. The van der Waals surface area contributed by atoms with Crippen molar-refractivity contribution < 1.29 is 15.0 Å². The quantitative estimate of drug-likeness (QED) is 0.0425. The lowest BCUT2D eigenvalue weighted by Crippen LogP contribution is -2.45. The third kappa shape index (κ3) is 43.5. The number of hydrogen-bond acceptors (Lipinski definition) is 3. The number of rotatable bonds is 45. The Bertz CT molecular complexity index is 893. The summed E-state index contributed by atoms with van der Waals surface area (Å²) in [5, 5.41) is 23.2. The summed E-state index contributed by atoms with van der Waals surface area (Å²) in [5.41, 5.74) is 0. The predicted octanol–water partition coefficient (Wildman–Crippen LogP) is 15.9. The fourth-order valence-corrected chi connectivity index (χ4v) is 7.59. The van der Waals surface area contributed by atoms with Gasteiger partial charge < -0.3 is 15.5 Å². The van der Waals surface area contributed by atoms with Crippen molar-refractivity contribution in [1.29, 1.82) is 0 Å². The summed E-state index contributed by atoms with van der Waals surface area (Å²) >= 11 is 0. The standard InChI is InChI=1S/C52H97NO3/c1-3-5-7-9-11-13-15-17-19-20-21-22-23-24-25-26-27-28-29-30-31-32-34-35-37-39-41-43-45-47-51(55)50(49-54)53-52(56)48-46-44-42-40-38-36-33-18-16-14-12-10-8-6-4-2/h6,8,12,14,18,33,38,40,50-51,54-55H,3-5,7,9-11,13,15-17,19-32,34-37,39,41-49H2,1-2H3,(H,53,56)/b8-6-,14-12-,33-18-,40-38-. The van der Waals surface area contributed by atoms with Crippen LogP contribution in [-0.4, -0.2) is 34.9 Å². The summed E-state index contributed by atoms with van der Waals surface area (Å²) in [6, 6.07) is -0.560. The van der Waals surface area contributed by atoms with Gasteiger partial charge in [0, 0.05) is 6.42 Å². The number of carbonyl (C=O) groups excluding carboxylic acids is 1. The second kappa shape index (κ2) is 47.7. The van der Waals surface area contributed by atoms with Gasteiger partial charge in [0.25, 0.3) is 0 Å². The van der Waals surface area contributed by atoms with E-state index in [2.05, 4.69) is 67.8 Å². The highest BCUT2D eigenvalue weighted by molar-refractivity contribution is 5.76. The Morgan fingerprint density at radius 2 is 0.786 bits per heavy atom. The van der Waals surface area contributed by atoms with Crippen molar-refractivity contribution in [3.05, 3.63) is 48.6 Å². The molecule has 0 rings (SSSR count). The second-order valence-corrected chi connectivity index (χ2v) is 16.9. The van der Waals surface area contributed by atoms with Crippen molar-refractivity contribution in [1.82, 2.24) is 5.32 Å². The fraction of sp³-hybridized carbons (Fsp3) is 0.827. The Balaban J connectivity index is 3.47. The van der Waals surface area contributed by atoms with Crippen LogP contribution in [0, 0.1) is 0 Å². The SMILES string of the molecule is CC/C=C\C/C=C\C/C=C\C/C=C\CCCCC(=O)NC(CO)C(O)CCCCCCCCCCCCCCCCCCCCCCCCCCCCCCC.